The zero-order valence-corrected chi connectivity index (χ0v) is 26.1. The highest BCUT2D eigenvalue weighted by molar-refractivity contribution is 6.30. The summed E-state index contributed by atoms with van der Waals surface area (Å²) < 4.78 is 10.2. The molecule has 2 aromatic rings. The first-order valence-corrected chi connectivity index (χ1v) is 14.8. The molecule has 234 valence electrons. The summed E-state index contributed by atoms with van der Waals surface area (Å²) in [7, 11) is 1.76. The Bertz CT molecular complexity index is 1240. The molecule has 0 fully saturated rings. The number of anilines is 1. The van der Waals surface area contributed by atoms with E-state index in [0.717, 1.165) is 31.4 Å². The van der Waals surface area contributed by atoms with Crippen LogP contribution in [0.1, 0.15) is 62.4 Å². The number of allylic oxidation sites excluding steroid dienone is 2. The molecule has 11 nitrogen and oxygen atoms in total. The molecule has 4 N–H and O–H groups in total. The number of carbonyl (C=O) groups is 3. The SMILES string of the molecule is CCCNCC(=O)OCCCC(CC)Nc1ncc(C)c(C(/C=C/C(=O)N[C@H](COC=O)c2cccc(Cl)c2)=C/NC)n1. The number of ether oxygens (including phenoxy) is 2. The lowest BCUT2D eigenvalue weighted by Gasteiger charge is -2.18. The minimum absolute atomic E-state index is 0.0418. The maximum Gasteiger partial charge on any atom is 0.319 e. The van der Waals surface area contributed by atoms with Gasteiger partial charge in [-0.1, -0.05) is 37.6 Å². The summed E-state index contributed by atoms with van der Waals surface area (Å²) in [4.78, 5) is 44.6. The van der Waals surface area contributed by atoms with Crippen LogP contribution in [-0.4, -0.2) is 67.7 Å². The molecule has 2 atom stereocenters. The standard InChI is InChI=1S/C31H43ClN6O5/c1-5-14-34-19-29(41)43-15-8-11-26(6-2)36-31-35-17-22(3)30(38-31)24(18-33-4)12-13-28(40)37-27(20-42-21-39)23-9-7-10-25(32)16-23/h7,9-10,12-13,16-18,21,26-27,33-34H,5-6,8,11,14-15,19-20H2,1-4H3,(H,37,40)(H,35,36,38)/b13-12+,24-18+/t26?,27-/m1/s1. The topological polar surface area (TPSA) is 144 Å². The molecule has 0 aliphatic carbocycles. The van der Waals surface area contributed by atoms with Gasteiger partial charge in [0.2, 0.25) is 11.9 Å². The summed E-state index contributed by atoms with van der Waals surface area (Å²) in [6.45, 7) is 7.65. The number of rotatable bonds is 20. The Kier molecular flexibility index (Phi) is 16.4. The van der Waals surface area contributed by atoms with E-state index in [-0.39, 0.29) is 31.1 Å². The van der Waals surface area contributed by atoms with Crippen LogP contribution in [0.4, 0.5) is 5.95 Å². The summed E-state index contributed by atoms with van der Waals surface area (Å²) in [5, 5.41) is 12.8. The average molecular weight is 615 g/mol. The van der Waals surface area contributed by atoms with Crippen molar-refractivity contribution in [2.24, 2.45) is 0 Å². The number of hydrogen-bond donors (Lipinski definition) is 4. The predicted molar refractivity (Wildman–Crippen MR) is 168 cm³/mol. The summed E-state index contributed by atoms with van der Waals surface area (Å²) >= 11 is 6.11. The first kappa shape index (κ1) is 35.2. The third-order valence-corrected chi connectivity index (χ3v) is 6.57. The van der Waals surface area contributed by atoms with Crippen molar-refractivity contribution in [1.29, 1.82) is 0 Å². The van der Waals surface area contributed by atoms with Crippen molar-refractivity contribution in [3.05, 3.63) is 70.7 Å². The third-order valence-electron chi connectivity index (χ3n) is 6.34. The van der Waals surface area contributed by atoms with Crippen LogP contribution in [0.25, 0.3) is 5.57 Å². The van der Waals surface area contributed by atoms with E-state index in [1.807, 2.05) is 13.8 Å². The van der Waals surface area contributed by atoms with Crippen molar-refractivity contribution in [3.63, 3.8) is 0 Å². The molecule has 0 aliphatic heterocycles. The molecule has 43 heavy (non-hydrogen) atoms. The van der Waals surface area contributed by atoms with Crippen LogP contribution in [0.2, 0.25) is 5.02 Å². The number of nitrogens with one attached hydrogen (secondary N) is 4. The van der Waals surface area contributed by atoms with Crippen molar-refractivity contribution in [2.45, 2.75) is 58.5 Å². The highest BCUT2D eigenvalue weighted by Gasteiger charge is 2.16. The Morgan fingerprint density at radius 2 is 2.00 bits per heavy atom. The molecule has 0 radical (unpaired) electrons. The van der Waals surface area contributed by atoms with Crippen LogP contribution in [0, 0.1) is 6.92 Å². The van der Waals surface area contributed by atoms with Crippen molar-refractivity contribution in [2.75, 3.05) is 38.7 Å². The Morgan fingerprint density at radius 3 is 2.70 bits per heavy atom. The van der Waals surface area contributed by atoms with E-state index in [0.29, 0.717) is 47.3 Å². The Hall–Kier alpha value is -3.96. The summed E-state index contributed by atoms with van der Waals surface area (Å²) in [6.07, 6.45) is 9.80. The highest BCUT2D eigenvalue weighted by Crippen LogP contribution is 2.21. The molecular weight excluding hydrogens is 572 g/mol. The van der Waals surface area contributed by atoms with Gasteiger partial charge in [-0.05, 0) is 68.5 Å². The fourth-order valence-corrected chi connectivity index (χ4v) is 4.31. The third kappa shape index (κ3) is 13.3. The zero-order valence-electron chi connectivity index (χ0n) is 25.3. The number of aromatic nitrogens is 2. The second-order valence-electron chi connectivity index (χ2n) is 9.78. The lowest BCUT2D eigenvalue weighted by molar-refractivity contribution is -0.142. The molecule has 12 heteroatoms. The first-order chi connectivity index (χ1) is 20.8. The number of amides is 1. The van der Waals surface area contributed by atoms with E-state index in [9.17, 15) is 14.4 Å². The van der Waals surface area contributed by atoms with E-state index in [2.05, 4.69) is 33.2 Å². The van der Waals surface area contributed by atoms with Gasteiger partial charge in [0.05, 0.1) is 24.9 Å². The molecule has 0 aliphatic rings. The van der Waals surface area contributed by atoms with Crippen LogP contribution in [-0.2, 0) is 23.9 Å². The summed E-state index contributed by atoms with van der Waals surface area (Å²) in [5.41, 5.74) is 2.85. The minimum atomic E-state index is -0.582. The van der Waals surface area contributed by atoms with Gasteiger partial charge in [-0.25, -0.2) is 9.97 Å². The van der Waals surface area contributed by atoms with Gasteiger partial charge in [0.1, 0.15) is 6.61 Å². The molecule has 1 aromatic heterocycles. The largest absolute Gasteiger partial charge is 0.465 e. The number of nitrogens with zero attached hydrogens (tertiary/aromatic N) is 2. The Balaban J connectivity index is 2.06. The van der Waals surface area contributed by atoms with Crippen LogP contribution in [0.3, 0.4) is 0 Å². The van der Waals surface area contributed by atoms with Gasteiger partial charge in [-0.15, -0.1) is 0 Å². The second kappa shape index (κ2) is 20.0. The van der Waals surface area contributed by atoms with Gasteiger partial charge in [0, 0.05) is 42.2 Å². The van der Waals surface area contributed by atoms with E-state index in [1.165, 1.54) is 6.08 Å². The Labute approximate surface area is 258 Å². The quantitative estimate of drug-likeness (QED) is 0.0566. The maximum absolute atomic E-state index is 12.9. The monoisotopic (exact) mass is 614 g/mol. The molecule has 1 aromatic carbocycles. The van der Waals surface area contributed by atoms with Crippen LogP contribution in [0.15, 0.2) is 48.8 Å². The normalized spacial score (nSPS) is 12.8. The number of hydrogen-bond acceptors (Lipinski definition) is 10. The minimum Gasteiger partial charge on any atom is -0.465 e. The van der Waals surface area contributed by atoms with Crippen molar-refractivity contribution < 1.29 is 23.9 Å². The molecule has 1 heterocycles. The maximum atomic E-state index is 12.9. The second-order valence-corrected chi connectivity index (χ2v) is 10.2. The predicted octanol–water partition coefficient (Wildman–Crippen LogP) is 4.10. The lowest BCUT2D eigenvalue weighted by Crippen LogP contribution is -2.30. The van der Waals surface area contributed by atoms with Crippen LogP contribution in [0.5, 0.6) is 0 Å². The molecule has 0 bridgehead atoms. The van der Waals surface area contributed by atoms with Gasteiger partial charge in [-0.3, -0.25) is 14.4 Å². The van der Waals surface area contributed by atoms with Crippen molar-refractivity contribution in [3.8, 4) is 0 Å². The molecular formula is C31H43ClN6O5. The summed E-state index contributed by atoms with van der Waals surface area (Å²) in [5.74, 6) is -0.180. The number of aryl methyl sites for hydroxylation is 1. The van der Waals surface area contributed by atoms with Gasteiger partial charge in [-0.2, -0.15) is 0 Å². The van der Waals surface area contributed by atoms with Gasteiger partial charge >= 0.3 is 5.97 Å². The first-order valence-electron chi connectivity index (χ1n) is 14.4. The molecule has 1 unspecified atom stereocenters. The number of halogens is 1. The molecule has 0 saturated carbocycles. The molecule has 1 amide bonds. The van der Waals surface area contributed by atoms with E-state index in [1.54, 1.807) is 49.8 Å². The number of benzene rings is 1. The summed E-state index contributed by atoms with van der Waals surface area (Å²) in [6, 6.07) is 6.49. The van der Waals surface area contributed by atoms with Gasteiger partial charge in [0.15, 0.2) is 0 Å². The van der Waals surface area contributed by atoms with Crippen molar-refractivity contribution >= 4 is 41.5 Å². The van der Waals surface area contributed by atoms with Crippen LogP contribution >= 0.6 is 11.6 Å². The van der Waals surface area contributed by atoms with Gasteiger partial charge < -0.3 is 30.7 Å². The van der Waals surface area contributed by atoms with Crippen LogP contribution < -0.4 is 21.3 Å². The smallest absolute Gasteiger partial charge is 0.319 e. The zero-order chi connectivity index (χ0) is 31.5. The molecule has 2 rings (SSSR count). The van der Waals surface area contributed by atoms with E-state index >= 15 is 0 Å². The molecule has 0 saturated heterocycles. The highest BCUT2D eigenvalue weighted by atomic mass is 35.5. The van der Waals surface area contributed by atoms with Crippen molar-refractivity contribution in [1.82, 2.24) is 25.9 Å². The number of esters is 1. The fourth-order valence-electron chi connectivity index (χ4n) is 4.12. The Morgan fingerprint density at radius 1 is 1.19 bits per heavy atom. The van der Waals surface area contributed by atoms with E-state index in [4.69, 9.17) is 26.1 Å². The lowest BCUT2D eigenvalue weighted by atomic mass is 10.1. The fraction of sp³-hybridized carbons (Fsp3) is 0.452. The van der Waals surface area contributed by atoms with E-state index < -0.39 is 6.04 Å². The van der Waals surface area contributed by atoms with Gasteiger partial charge in [0.25, 0.3) is 6.47 Å². The molecule has 0 spiro atoms. The average Bonchev–Trinajstić information content (AvgIpc) is 3.00. The number of carbonyl (C=O) groups excluding carboxylic acids is 3.